The van der Waals surface area contributed by atoms with Crippen molar-refractivity contribution in [1.82, 2.24) is 10.2 Å². The Hall–Kier alpha value is -2.49. The predicted octanol–water partition coefficient (Wildman–Crippen LogP) is 2.36. The van der Waals surface area contributed by atoms with Crippen LogP contribution in [-0.4, -0.2) is 53.7 Å². The summed E-state index contributed by atoms with van der Waals surface area (Å²) >= 11 is 5.79. The van der Waals surface area contributed by atoms with E-state index in [1.54, 1.807) is 12.1 Å². The molecule has 1 heterocycles. The summed E-state index contributed by atoms with van der Waals surface area (Å²) in [7, 11) is 1.36. The Labute approximate surface area is 173 Å². The highest BCUT2D eigenvalue weighted by atomic mass is 35.5. The van der Waals surface area contributed by atoms with Crippen molar-refractivity contribution in [2.24, 2.45) is 0 Å². The van der Waals surface area contributed by atoms with Gasteiger partial charge in [-0.3, -0.25) is 19.6 Å². The monoisotopic (exact) mass is 430 g/mol. The van der Waals surface area contributed by atoms with Crippen LogP contribution in [0.15, 0.2) is 36.5 Å². The molecule has 29 heavy (non-hydrogen) atoms. The third-order valence-corrected chi connectivity index (χ3v) is 4.09. The zero-order valence-corrected chi connectivity index (χ0v) is 17.1. The Morgan fingerprint density at radius 1 is 1.41 bits per heavy atom. The topological polar surface area (TPSA) is 105 Å². The molecule has 1 aromatic rings. The largest absolute Gasteiger partial charge is 0.456 e. The van der Waals surface area contributed by atoms with Crippen LogP contribution in [0.5, 0.6) is 0 Å². The van der Waals surface area contributed by atoms with Gasteiger partial charge in [0.25, 0.3) is 11.8 Å². The summed E-state index contributed by atoms with van der Waals surface area (Å²) in [4.78, 5) is 34.4. The number of amides is 2. The van der Waals surface area contributed by atoms with E-state index in [0.717, 1.165) is 17.2 Å². The second-order valence-corrected chi connectivity index (χ2v) is 6.30. The predicted molar refractivity (Wildman–Crippen MR) is 103 cm³/mol. The van der Waals surface area contributed by atoms with Crippen molar-refractivity contribution in [3.05, 3.63) is 47.1 Å². The Morgan fingerprint density at radius 3 is 2.72 bits per heavy atom. The highest BCUT2D eigenvalue weighted by Crippen LogP contribution is 2.39. The molecular weight excluding hydrogens is 407 g/mol. The second-order valence-electron chi connectivity index (χ2n) is 5.87. The zero-order chi connectivity index (χ0) is 22.1. The lowest BCUT2D eigenvalue weighted by molar-refractivity contribution is -0.317. The molecule has 0 saturated carbocycles. The SMILES string of the molecule is CC.CN(/C=C\C(=O)NC=O)C1(O)CCC(F)(COC(=O)c2cccc(Cl)c2)O1. The van der Waals surface area contributed by atoms with Crippen molar-refractivity contribution in [1.29, 1.82) is 0 Å². The normalized spacial score (nSPS) is 23.1. The van der Waals surface area contributed by atoms with E-state index in [4.69, 9.17) is 21.1 Å². The molecule has 2 atom stereocenters. The summed E-state index contributed by atoms with van der Waals surface area (Å²) in [6, 6.07) is 5.97. The van der Waals surface area contributed by atoms with Crippen LogP contribution in [0.4, 0.5) is 4.39 Å². The lowest BCUT2D eigenvalue weighted by Crippen LogP contribution is -2.46. The fraction of sp³-hybridized carbons (Fsp3) is 0.421. The Kier molecular flexibility index (Phi) is 9.22. The van der Waals surface area contributed by atoms with Crippen LogP contribution in [0.3, 0.4) is 0 Å². The number of ether oxygens (including phenoxy) is 2. The van der Waals surface area contributed by atoms with Crippen molar-refractivity contribution < 1.29 is 33.4 Å². The lowest BCUT2D eigenvalue weighted by Gasteiger charge is -2.33. The Bertz CT molecular complexity index is 762. The van der Waals surface area contributed by atoms with Gasteiger partial charge in [0.05, 0.1) is 5.56 Å². The molecule has 1 aliphatic heterocycles. The second kappa shape index (κ2) is 10.9. The number of aliphatic hydroxyl groups is 1. The molecule has 10 heteroatoms. The lowest BCUT2D eigenvalue weighted by atomic mass is 10.2. The van der Waals surface area contributed by atoms with Crippen LogP contribution in [0.2, 0.25) is 5.02 Å². The third kappa shape index (κ3) is 7.12. The highest BCUT2D eigenvalue weighted by Gasteiger charge is 2.52. The van der Waals surface area contributed by atoms with Gasteiger partial charge < -0.3 is 14.7 Å². The zero-order valence-electron chi connectivity index (χ0n) is 16.4. The standard InChI is InChI=1S/C17H18ClFN2O6.C2H6/c1-21(8-5-14(23)20-11-22)17(25)7-6-16(19,27-17)10-26-15(24)12-3-2-4-13(18)9-12;1-2/h2-5,8-9,11,25H,6-7,10H2,1H3,(H,20,22,23);1-2H3/b8-5-;. The molecule has 2 rings (SSSR count). The van der Waals surface area contributed by atoms with Crippen LogP contribution in [0, 0.1) is 0 Å². The first-order valence-electron chi connectivity index (χ1n) is 8.87. The summed E-state index contributed by atoms with van der Waals surface area (Å²) in [5.74, 6) is -5.96. The van der Waals surface area contributed by atoms with Crippen LogP contribution in [0.25, 0.3) is 0 Å². The fourth-order valence-corrected chi connectivity index (χ4v) is 2.56. The maximum atomic E-state index is 14.8. The van der Waals surface area contributed by atoms with E-state index in [1.165, 1.54) is 19.2 Å². The van der Waals surface area contributed by atoms with Crippen LogP contribution in [0.1, 0.15) is 37.0 Å². The highest BCUT2D eigenvalue weighted by molar-refractivity contribution is 6.30. The molecule has 1 fully saturated rings. The molecule has 2 unspecified atom stereocenters. The summed E-state index contributed by atoms with van der Waals surface area (Å²) in [5, 5.41) is 12.6. The minimum absolute atomic E-state index is 0.144. The smallest absolute Gasteiger partial charge is 0.338 e. The van der Waals surface area contributed by atoms with E-state index < -0.39 is 30.2 Å². The quantitative estimate of drug-likeness (QED) is 0.296. The molecular formula is C19H24ClFN2O6. The van der Waals surface area contributed by atoms with Crippen LogP contribution in [-0.2, 0) is 19.1 Å². The molecule has 0 spiro atoms. The molecule has 1 saturated heterocycles. The molecule has 0 bridgehead atoms. The number of esters is 1. The van der Waals surface area contributed by atoms with Crippen molar-refractivity contribution in [2.45, 2.75) is 38.5 Å². The minimum atomic E-state index is -2.41. The van der Waals surface area contributed by atoms with Gasteiger partial charge in [-0.2, -0.15) is 0 Å². The number of benzene rings is 1. The van der Waals surface area contributed by atoms with E-state index in [0.29, 0.717) is 5.02 Å². The van der Waals surface area contributed by atoms with Gasteiger partial charge in [-0.1, -0.05) is 31.5 Å². The average molecular weight is 431 g/mol. The third-order valence-electron chi connectivity index (χ3n) is 3.85. The first-order valence-corrected chi connectivity index (χ1v) is 9.25. The number of nitrogens with one attached hydrogen (secondary N) is 1. The maximum Gasteiger partial charge on any atom is 0.338 e. The number of nitrogens with zero attached hydrogens (tertiary/aromatic N) is 1. The van der Waals surface area contributed by atoms with Gasteiger partial charge in [0.2, 0.25) is 12.3 Å². The van der Waals surface area contributed by atoms with Crippen molar-refractivity contribution in [2.75, 3.05) is 13.7 Å². The molecule has 1 aliphatic rings. The number of hydrogen-bond donors (Lipinski definition) is 2. The van der Waals surface area contributed by atoms with Gasteiger partial charge in [-0.15, -0.1) is 0 Å². The van der Waals surface area contributed by atoms with E-state index in [-0.39, 0.29) is 24.8 Å². The molecule has 0 aliphatic carbocycles. The Morgan fingerprint density at radius 2 is 2.10 bits per heavy atom. The van der Waals surface area contributed by atoms with Gasteiger partial charge in [0.1, 0.15) is 0 Å². The number of halogens is 2. The summed E-state index contributed by atoms with van der Waals surface area (Å²) in [6.45, 7) is 3.27. The van der Waals surface area contributed by atoms with Gasteiger partial charge in [-0.25, -0.2) is 9.18 Å². The van der Waals surface area contributed by atoms with E-state index >= 15 is 0 Å². The molecule has 1 aromatic carbocycles. The first kappa shape index (κ1) is 24.5. The summed E-state index contributed by atoms with van der Waals surface area (Å²) in [5.41, 5.74) is 0.153. The van der Waals surface area contributed by atoms with E-state index in [1.807, 2.05) is 19.2 Å². The number of imide groups is 1. The molecule has 0 aromatic heterocycles. The van der Waals surface area contributed by atoms with Crippen molar-refractivity contribution >= 4 is 29.9 Å². The fourth-order valence-electron chi connectivity index (χ4n) is 2.37. The summed E-state index contributed by atoms with van der Waals surface area (Å²) in [6.07, 6.45) is 1.91. The number of rotatable bonds is 7. The molecule has 8 nitrogen and oxygen atoms in total. The van der Waals surface area contributed by atoms with Gasteiger partial charge in [0.15, 0.2) is 6.61 Å². The summed E-state index contributed by atoms with van der Waals surface area (Å²) < 4.78 is 24.8. The van der Waals surface area contributed by atoms with Gasteiger partial charge >= 0.3 is 5.97 Å². The Balaban J connectivity index is 0.00000204. The molecule has 2 N–H and O–H groups in total. The first-order chi connectivity index (χ1) is 13.7. The molecule has 0 radical (unpaired) electrons. The number of alkyl halides is 1. The van der Waals surface area contributed by atoms with Crippen molar-refractivity contribution in [3.8, 4) is 0 Å². The van der Waals surface area contributed by atoms with E-state index in [9.17, 15) is 23.9 Å². The maximum absolute atomic E-state index is 14.8. The number of hydrogen-bond acceptors (Lipinski definition) is 7. The minimum Gasteiger partial charge on any atom is -0.456 e. The molecule has 2 amide bonds. The number of carbonyl (C=O) groups is 3. The van der Waals surface area contributed by atoms with Crippen LogP contribution < -0.4 is 5.32 Å². The average Bonchev–Trinajstić information content (AvgIpc) is 3.02. The van der Waals surface area contributed by atoms with Crippen molar-refractivity contribution in [3.63, 3.8) is 0 Å². The van der Waals surface area contributed by atoms with Crippen LogP contribution >= 0.6 is 11.6 Å². The van der Waals surface area contributed by atoms with Gasteiger partial charge in [0, 0.05) is 37.2 Å². The van der Waals surface area contributed by atoms with E-state index in [2.05, 4.69) is 0 Å². The number of carbonyl (C=O) groups excluding carboxylic acids is 3. The molecule has 160 valence electrons. The van der Waals surface area contributed by atoms with Gasteiger partial charge in [-0.05, 0) is 18.2 Å².